The number of rotatable bonds is 3. The zero-order valence-corrected chi connectivity index (χ0v) is 12.5. The Bertz CT molecular complexity index is 573. The van der Waals surface area contributed by atoms with Crippen molar-refractivity contribution in [3.8, 4) is 0 Å². The van der Waals surface area contributed by atoms with Crippen LogP contribution in [0.5, 0.6) is 0 Å². The van der Waals surface area contributed by atoms with Crippen LogP contribution in [0.4, 0.5) is 4.79 Å². The van der Waals surface area contributed by atoms with Crippen molar-refractivity contribution in [2.24, 2.45) is 0 Å². The van der Waals surface area contributed by atoms with Gasteiger partial charge in [-0.25, -0.2) is 14.6 Å². The van der Waals surface area contributed by atoms with Gasteiger partial charge in [-0.05, 0) is 6.92 Å². The second-order valence-electron chi connectivity index (χ2n) is 4.78. The average Bonchev–Trinajstić information content (AvgIpc) is 2.91. The van der Waals surface area contributed by atoms with Crippen molar-refractivity contribution in [3.63, 3.8) is 0 Å². The van der Waals surface area contributed by atoms with Gasteiger partial charge in [0.2, 0.25) is 5.91 Å². The molecular formula is C12H16N4O4S. The van der Waals surface area contributed by atoms with Gasteiger partial charge in [0, 0.05) is 25.5 Å². The third-order valence-corrected chi connectivity index (χ3v) is 4.22. The van der Waals surface area contributed by atoms with Crippen molar-refractivity contribution in [2.75, 3.05) is 26.7 Å². The van der Waals surface area contributed by atoms with Crippen molar-refractivity contribution in [1.82, 2.24) is 20.1 Å². The predicted molar refractivity (Wildman–Crippen MR) is 75.2 cm³/mol. The molecule has 1 aliphatic heterocycles. The smallest absolute Gasteiger partial charge is 0.355 e. The van der Waals surface area contributed by atoms with Gasteiger partial charge in [0.25, 0.3) is 0 Å². The molecule has 1 unspecified atom stereocenters. The van der Waals surface area contributed by atoms with Gasteiger partial charge in [-0.15, -0.1) is 11.3 Å². The molecule has 21 heavy (non-hydrogen) atoms. The van der Waals surface area contributed by atoms with Gasteiger partial charge in [-0.1, -0.05) is 0 Å². The number of nitrogens with zero attached hydrogens (tertiary/aromatic N) is 3. The van der Waals surface area contributed by atoms with Crippen LogP contribution < -0.4 is 5.32 Å². The zero-order chi connectivity index (χ0) is 15.6. The molecule has 1 aromatic heterocycles. The minimum Gasteiger partial charge on any atom is -0.476 e. The lowest BCUT2D eigenvalue weighted by molar-refractivity contribution is -0.133. The van der Waals surface area contributed by atoms with Crippen LogP contribution in [0.2, 0.25) is 0 Å². The Labute approximate surface area is 125 Å². The van der Waals surface area contributed by atoms with Crippen LogP contribution in [0.15, 0.2) is 5.38 Å². The second-order valence-corrected chi connectivity index (χ2v) is 5.67. The number of amides is 3. The van der Waals surface area contributed by atoms with Crippen molar-refractivity contribution >= 4 is 29.2 Å². The molecule has 0 aromatic carbocycles. The fraction of sp³-hybridized carbons (Fsp3) is 0.500. The molecule has 9 heteroatoms. The van der Waals surface area contributed by atoms with Gasteiger partial charge in [-0.2, -0.15) is 0 Å². The molecule has 0 saturated carbocycles. The zero-order valence-electron chi connectivity index (χ0n) is 11.7. The Hall–Kier alpha value is -2.16. The third-order valence-electron chi connectivity index (χ3n) is 3.20. The fourth-order valence-corrected chi connectivity index (χ4v) is 2.65. The van der Waals surface area contributed by atoms with Gasteiger partial charge in [0.05, 0.1) is 6.04 Å². The molecule has 1 fully saturated rings. The maximum atomic E-state index is 12.1. The average molecular weight is 312 g/mol. The van der Waals surface area contributed by atoms with Gasteiger partial charge in [0.15, 0.2) is 5.69 Å². The number of piperazine rings is 1. The first kappa shape index (κ1) is 15.2. The number of hydrogen-bond donors (Lipinski definition) is 2. The van der Waals surface area contributed by atoms with E-state index in [0.717, 1.165) is 0 Å². The van der Waals surface area contributed by atoms with E-state index in [-0.39, 0.29) is 24.2 Å². The highest BCUT2D eigenvalue weighted by atomic mass is 32.1. The van der Waals surface area contributed by atoms with Crippen molar-refractivity contribution in [3.05, 3.63) is 16.1 Å². The van der Waals surface area contributed by atoms with E-state index in [1.165, 1.54) is 21.6 Å². The Morgan fingerprint density at radius 3 is 2.76 bits per heavy atom. The van der Waals surface area contributed by atoms with Crippen LogP contribution in [-0.4, -0.2) is 64.5 Å². The summed E-state index contributed by atoms with van der Waals surface area (Å²) in [6.07, 6.45) is 0. The summed E-state index contributed by atoms with van der Waals surface area (Å²) in [4.78, 5) is 41.4. The molecule has 1 saturated heterocycles. The monoisotopic (exact) mass is 312 g/mol. The van der Waals surface area contributed by atoms with E-state index in [1.54, 1.807) is 18.9 Å². The number of carboxylic acids is 1. The largest absolute Gasteiger partial charge is 0.476 e. The molecule has 2 rings (SSSR count). The number of carbonyl (C=O) groups excluding carboxylic acids is 2. The van der Waals surface area contributed by atoms with E-state index in [2.05, 4.69) is 10.3 Å². The summed E-state index contributed by atoms with van der Waals surface area (Å²) < 4.78 is 0. The maximum Gasteiger partial charge on any atom is 0.355 e. The molecule has 114 valence electrons. The first-order valence-corrected chi connectivity index (χ1v) is 7.24. The highest BCUT2D eigenvalue weighted by molar-refractivity contribution is 7.09. The molecule has 0 radical (unpaired) electrons. The Kier molecular flexibility index (Phi) is 4.41. The topological polar surface area (TPSA) is 103 Å². The van der Waals surface area contributed by atoms with E-state index in [9.17, 15) is 14.4 Å². The Balaban J connectivity index is 1.95. The van der Waals surface area contributed by atoms with Crippen molar-refractivity contribution in [2.45, 2.75) is 13.0 Å². The number of thiazole rings is 1. The number of carboxylic acid groups (broad SMARTS) is 1. The summed E-state index contributed by atoms with van der Waals surface area (Å²) >= 11 is 1.18. The summed E-state index contributed by atoms with van der Waals surface area (Å²) in [6.45, 7) is 2.74. The molecule has 8 nitrogen and oxygen atoms in total. The molecule has 2 N–H and O–H groups in total. The van der Waals surface area contributed by atoms with E-state index in [1.807, 2.05) is 0 Å². The number of aromatic nitrogens is 1. The minimum atomic E-state index is -1.10. The molecule has 0 bridgehead atoms. The predicted octanol–water partition coefficient (Wildman–Crippen LogP) is 0.386. The number of likely N-dealkylation sites (N-methyl/N-ethyl adjacent to an activating group) is 1. The van der Waals surface area contributed by atoms with Gasteiger partial charge in [-0.3, -0.25) is 4.79 Å². The summed E-state index contributed by atoms with van der Waals surface area (Å²) in [5, 5.41) is 13.5. The lowest BCUT2D eigenvalue weighted by atomic mass is 10.3. The van der Waals surface area contributed by atoms with E-state index in [4.69, 9.17) is 5.11 Å². The maximum absolute atomic E-state index is 12.1. The van der Waals surface area contributed by atoms with Gasteiger partial charge in [0.1, 0.15) is 11.6 Å². The van der Waals surface area contributed by atoms with E-state index < -0.39 is 12.0 Å². The summed E-state index contributed by atoms with van der Waals surface area (Å²) in [6, 6.07) is -0.763. The molecule has 2 heterocycles. The number of carbonyl (C=O) groups is 3. The standard InChI is InChI=1S/C12H16N4O4S/c1-7(10-14-8(6-21-10)11(18)19)13-12(20)16-4-3-15(2)9(17)5-16/h6-7H,3-5H2,1-2H3,(H,13,20)(H,18,19). The molecule has 3 amide bonds. The van der Waals surface area contributed by atoms with E-state index in [0.29, 0.717) is 18.1 Å². The lowest BCUT2D eigenvalue weighted by Gasteiger charge is -2.32. The fourth-order valence-electron chi connectivity index (χ4n) is 1.85. The summed E-state index contributed by atoms with van der Waals surface area (Å²) in [5.74, 6) is -1.20. The van der Waals surface area contributed by atoms with E-state index >= 15 is 0 Å². The van der Waals surface area contributed by atoms with Crippen LogP contribution in [0.25, 0.3) is 0 Å². The normalized spacial score (nSPS) is 16.8. The van der Waals surface area contributed by atoms with Gasteiger partial charge >= 0.3 is 12.0 Å². The quantitative estimate of drug-likeness (QED) is 0.840. The minimum absolute atomic E-state index is 0.0362. The third kappa shape index (κ3) is 3.48. The summed E-state index contributed by atoms with van der Waals surface area (Å²) in [5.41, 5.74) is -0.0362. The van der Waals surface area contributed by atoms with Gasteiger partial charge < -0.3 is 20.2 Å². The molecular weight excluding hydrogens is 296 g/mol. The lowest BCUT2D eigenvalue weighted by Crippen LogP contribution is -2.53. The number of nitrogens with one attached hydrogen (secondary N) is 1. The molecule has 0 aliphatic carbocycles. The van der Waals surface area contributed by atoms with Crippen LogP contribution >= 0.6 is 11.3 Å². The number of aromatic carboxylic acids is 1. The van der Waals surface area contributed by atoms with Crippen molar-refractivity contribution in [1.29, 1.82) is 0 Å². The number of hydrogen-bond acceptors (Lipinski definition) is 5. The molecule has 1 aliphatic rings. The van der Waals surface area contributed by atoms with Crippen molar-refractivity contribution < 1.29 is 19.5 Å². The van der Waals surface area contributed by atoms with Crippen LogP contribution in [0.3, 0.4) is 0 Å². The first-order valence-electron chi connectivity index (χ1n) is 6.36. The molecule has 0 spiro atoms. The Morgan fingerprint density at radius 2 is 2.19 bits per heavy atom. The highest BCUT2D eigenvalue weighted by Crippen LogP contribution is 2.18. The van der Waals surface area contributed by atoms with Crippen LogP contribution in [0.1, 0.15) is 28.5 Å². The highest BCUT2D eigenvalue weighted by Gasteiger charge is 2.26. The second kappa shape index (κ2) is 6.08. The number of urea groups is 1. The molecule has 1 atom stereocenters. The summed E-state index contributed by atoms with van der Waals surface area (Å²) in [7, 11) is 1.70. The Morgan fingerprint density at radius 1 is 1.48 bits per heavy atom. The SMILES string of the molecule is CC(NC(=O)N1CCN(C)C(=O)C1)c1nc(C(=O)O)cs1. The molecule has 1 aromatic rings. The first-order chi connectivity index (χ1) is 9.88. The van der Waals surface area contributed by atoms with Crippen LogP contribution in [0, 0.1) is 0 Å². The van der Waals surface area contributed by atoms with Crippen LogP contribution in [-0.2, 0) is 4.79 Å².